The van der Waals surface area contributed by atoms with E-state index in [9.17, 15) is 0 Å². The quantitative estimate of drug-likeness (QED) is 0.671. The minimum atomic E-state index is 0.739. The number of hydrogen-bond acceptors (Lipinski definition) is 2. The van der Waals surface area contributed by atoms with E-state index in [0.717, 1.165) is 16.6 Å². The first-order valence-electron chi connectivity index (χ1n) is 5.88. The van der Waals surface area contributed by atoms with Crippen molar-refractivity contribution in [3.63, 3.8) is 0 Å². The van der Waals surface area contributed by atoms with Crippen molar-refractivity contribution in [3.05, 3.63) is 36.5 Å². The smallest absolute Gasteiger partial charge is 0.0931 e. The topological polar surface area (TPSA) is 38.9 Å². The van der Waals surface area contributed by atoms with E-state index in [2.05, 4.69) is 18.8 Å². The highest BCUT2D eigenvalue weighted by atomic mass is 14.7. The van der Waals surface area contributed by atoms with Gasteiger partial charge < -0.3 is 5.73 Å². The van der Waals surface area contributed by atoms with Crippen molar-refractivity contribution in [2.24, 2.45) is 0 Å². The Kier molecular flexibility index (Phi) is 7.86. The molecule has 0 saturated carbocycles. The molecule has 0 amide bonds. The van der Waals surface area contributed by atoms with Crippen LogP contribution in [0.2, 0.25) is 0 Å². The zero-order valence-electron chi connectivity index (χ0n) is 10.7. The van der Waals surface area contributed by atoms with Crippen LogP contribution in [0.4, 0.5) is 5.69 Å². The molecular formula is C14H22N2. The number of nitrogens with zero attached hydrogens (tertiary/aromatic N) is 1. The molecule has 0 aliphatic heterocycles. The maximum atomic E-state index is 5.69. The lowest BCUT2D eigenvalue weighted by atomic mass is 10.2. The average Bonchev–Trinajstić information content (AvgIpc) is 2.33. The van der Waals surface area contributed by atoms with E-state index in [4.69, 9.17) is 5.73 Å². The Morgan fingerprint density at radius 2 is 1.62 bits per heavy atom. The number of aromatic nitrogens is 1. The Bertz CT molecular complexity index is 391. The lowest BCUT2D eigenvalue weighted by Gasteiger charge is -1.97. The number of pyridine rings is 1. The molecule has 0 bridgehead atoms. The van der Waals surface area contributed by atoms with Gasteiger partial charge in [-0.25, -0.2) is 0 Å². The largest absolute Gasteiger partial charge is 0.397 e. The second kappa shape index (κ2) is 8.72. The van der Waals surface area contributed by atoms with Gasteiger partial charge in [-0.15, -0.1) is 0 Å². The van der Waals surface area contributed by atoms with E-state index in [-0.39, 0.29) is 0 Å². The molecule has 1 aromatic heterocycles. The molecule has 0 radical (unpaired) electrons. The van der Waals surface area contributed by atoms with Crippen LogP contribution >= 0.6 is 0 Å². The lowest BCUT2D eigenvalue weighted by molar-refractivity contribution is 1.09. The summed E-state index contributed by atoms with van der Waals surface area (Å²) in [5.74, 6) is 0. The number of rotatable bonds is 0. The van der Waals surface area contributed by atoms with Crippen molar-refractivity contribution in [2.45, 2.75) is 34.1 Å². The molecular weight excluding hydrogens is 196 g/mol. The summed E-state index contributed by atoms with van der Waals surface area (Å²) in [5, 5.41) is 1.09. The van der Waals surface area contributed by atoms with Gasteiger partial charge in [0, 0.05) is 11.6 Å². The average molecular weight is 218 g/mol. The van der Waals surface area contributed by atoms with E-state index >= 15 is 0 Å². The van der Waals surface area contributed by atoms with Gasteiger partial charge >= 0.3 is 0 Å². The molecule has 1 heterocycles. The summed E-state index contributed by atoms with van der Waals surface area (Å²) in [4.78, 5) is 4.16. The molecule has 0 aliphatic carbocycles. The predicted molar refractivity (Wildman–Crippen MR) is 73.5 cm³/mol. The Balaban J connectivity index is 0.000000394. The molecule has 0 spiro atoms. The van der Waals surface area contributed by atoms with E-state index in [1.54, 1.807) is 6.20 Å². The Labute approximate surface area is 98.5 Å². The molecule has 0 atom stereocenters. The van der Waals surface area contributed by atoms with Crippen LogP contribution in [-0.4, -0.2) is 4.98 Å². The van der Waals surface area contributed by atoms with E-state index < -0.39 is 0 Å². The fourth-order valence-electron chi connectivity index (χ4n) is 1.13. The standard InChI is InChI=1S/C9H8N2.C3H8.C2H6/c10-8-5-1-3-7-4-2-6-11-9(7)8;1-3-2;1-2/h1-6H,10H2;3H2,1-2H3;1-2H3. The zero-order valence-corrected chi connectivity index (χ0v) is 10.7. The summed E-state index contributed by atoms with van der Waals surface area (Å²) < 4.78 is 0. The highest BCUT2D eigenvalue weighted by molar-refractivity contribution is 5.88. The molecule has 0 unspecified atom stereocenters. The molecule has 2 rings (SSSR count). The molecule has 2 nitrogen and oxygen atoms in total. The van der Waals surface area contributed by atoms with Crippen LogP contribution < -0.4 is 5.73 Å². The fourth-order valence-corrected chi connectivity index (χ4v) is 1.13. The van der Waals surface area contributed by atoms with Crippen molar-refractivity contribution in [2.75, 3.05) is 5.73 Å². The van der Waals surface area contributed by atoms with E-state index in [0.29, 0.717) is 0 Å². The first-order valence-corrected chi connectivity index (χ1v) is 5.88. The zero-order chi connectivity index (χ0) is 12.4. The Morgan fingerprint density at radius 3 is 2.19 bits per heavy atom. The molecule has 0 aliphatic rings. The third-order valence-electron chi connectivity index (χ3n) is 1.66. The maximum absolute atomic E-state index is 5.69. The molecule has 0 saturated heterocycles. The highest BCUT2D eigenvalue weighted by Crippen LogP contribution is 2.16. The van der Waals surface area contributed by atoms with Crippen LogP contribution in [0, 0.1) is 0 Å². The monoisotopic (exact) mass is 218 g/mol. The number of para-hydroxylation sites is 1. The third-order valence-corrected chi connectivity index (χ3v) is 1.66. The molecule has 88 valence electrons. The van der Waals surface area contributed by atoms with Crippen LogP contribution in [-0.2, 0) is 0 Å². The minimum Gasteiger partial charge on any atom is -0.397 e. The highest BCUT2D eigenvalue weighted by Gasteiger charge is 1.94. The number of anilines is 1. The van der Waals surface area contributed by atoms with Crippen molar-refractivity contribution in [1.29, 1.82) is 0 Å². The third kappa shape index (κ3) is 4.30. The molecule has 1 aromatic carbocycles. The molecule has 16 heavy (non-hydrogen) atoms. The van der Waals surface area contributed by atoms with Crippen molar-refractivity contribution in [3.8, 4) is 0 Å². The van der Waals surface area contributed by atoms with Crippen LogP contribution in [0.15, 0.2) is 36.5 Å². The van der Waals surface area contributed by atoms with Crippen molar-refractivity contribution in [1.82, 2.24) is 4.98 Å². The number of benzene rings is 1. The number of nitrogens with two attached hydrogens (primary N) is 1. The van der Waals surface area contributed by atoms with Gasteiger partial charge in [-0.1, -0.05) is 52.3 Å². The van der Waals surface area contributed by atoms with Gasteiger partial charge in [-0.05, 0) is 12.1 Å². The van der Waals surface area contributed by atoms with Crippen molar-refractivity contribution < 1.29 is 0 Å². The molecule has 2 heteroatoms. The summed E-state index contributed by atoms with van der Waals surface area (Å²) in [5.41, 5.74) is 7.32. The SMILES string of the molecule is CC.CCC.Nc1cccc2cccnc12. The van der Waals surface area contributed by atoms with Crippen LogP contribution in [0.25, 0.3) is 10.9 Å². The van der Waals surface area contributed by atoms with Gasteiger partial charge in [0.1, 0.15) is 0 Å². The van der Waals surface area contributed by atoms with Gasteiger partial charge in [0.25, 0.3) is 0 Å². The summed E-state index contributed by atoms with van der Waals surface area (Å²) >= 11 is 0. The van der Waals surface area contributed by atoms with E-state index in [1.807, 2.05) is 44.2 Å². The molecule has 2 aromatic rings. The summed E-state index contributed by atoms with van der Waals surface area (Å²) in [6, 6.07) is 9.69. The number of nitrogen functional groups attached to an aromatic ring is 1. The lowest BCUT2D eigenvalue weighted by Crippen LogP contribution is -1.87. The fraction of sp³-hybridized carbons (Fsp3) is 0.357. The molecule has 0 fully saturated rings. The van der Waals surface area contributed by atoms with Crippen LogP contribution in [0.5, 0.6) is 0 Å². The molecule has 2 N–H and O–H groups in total. The van der Waals surface area contributed by atoms with E-state index in [1.165, 1.54) is 6.42 Å². The van der Waals surface area contributed by atoms with Gasteiger partial charge in [-0.2, -0.15) is 0 Å². The normalized spacial score (nSPS) is 8.50. The minimum absolute atomic E-state index is 0.739. The number of fused-ring (bicyclic) bond motifs is 1. The maximum Gasteiger partial charge on any atom is 0.0931 e. The van der Waals surface area contributed by atoms with Crippen LogP contribution in [0.3, 0.4) is 0 Å². The second-order valence-corrected chi connectivity index (χ2v) is 3.13. The summed E-state index contributed by atoms with van der Waals surface area (Å²) in [7, 11) is 0. The summed E-state index contributed by atoms with van der Waals surface area (Å²) in [6.07, 6.45) is 3.00. The Morgan fingerprint density at radius 1 is 1.06 bits per heavy atom. The first kappa shape index (κ1) is 14.4. The predicted octanol–water partition coefficient (Wildman–Crippen LogP) is 4.26. The summed E-state index contributed by atoms with van der Waals surface area (Å²) in [6.45, 7) is 8.25. The first-order chi connectivity index (χ1) is 7.79. The van der Waals surface area contributed by atoms with Crippen LogP contribution in [0.1, 0.15) is 34.1 Å². The van der Waals surface area contributed by atoms with Gasteiger partial charge in [0.15, 0.2) is 0 Å². The van der Waals surface area contributed by atoms with Gasteiger partial charge in [0.05, 0.1) is 11.2 Å². The number of hydrogen-bond donors (Lipinski definition) is 1. The van der Waals surface area contributed by atoms with Crippen molar-refractivity contribution >= 4 is 16.6 Å². The van der Waals surface area contributed by atoms with Gasteiger partial charge in [0.2, 0.25) is 0 Å². The Hall–Kier alpha value is -1.57. The second-order valence-electron chi connectivity index (χ2n) is 3.13. The van der Waals surface area contributed by atoms with Gasteiger partial charge in [-0.3, -0.25) is 4.98 Å².